The summed E-state index contributed by atoms with van der Waals surface area (Å²) in [6, 6.07) is 31.8. The first kappa shape index (κ1) is 15.3. The molecular weight excluding hydrogens is 292 g/mol. The fourth-order valence-corrected chi connectivity index (χ4v) is 2.67. The van der Waals surface area contributed by atoms with Crippen molar-refractivity contribution in [2.75, 3.05) is 0 Å². The molecule has 0 atom stereocenters. The highest BCUT2D eigenvalue weighted by Gasteiger charge is 2.05. The lowest BCUT2D eigenvalue weighted by atomic mass is 9.95. The standard InChI is InChI=1S/C22H14N2/c23-15-21(16-24)17-11-13-20(14-12-17)22(18-7-3-1-4-8-18)19-9-5-2-6-10-19/h1-14H. The first-order chi connectivity index (χ1) is 11.8. The quantitative estimate of drug-likeness (QED) is 0.730. The number of hydrogen-bond donors (Lipinski definition) is 0. The van der Waals surface area contributed by atoms with E-state index in [-0.39, 0.29) is 5.57 Å². The van der Waals surface area contributed by atoms with E-state index in [0.29, 0.717) is 5.22 Å². The summed E-state index contributed by atoms with van der Waals surface area (Å²) in [6.07, 6.45) is 0. The van der Waals surface area contributed by atoms with E-state index in [1.54, 1.807) is 0 Å². The first-order valence-electron chi connectivity index (χ1n) is 7.59. The molecule has 0 saturated heterocycles. The molecule has 0 N–H and O–H groups in total. The Kier molecular flexibility index (Phi) is 4.52. The van der Waals surface area contributed by atoms with Crippen LogP contribution in [0.3, 0.4) is 0 Å². The van der Waals surface area contributed by atoms with E-state index >= 15 is 0 Å². The molecule has 2 nitrogen and oxygen atoms in total. The van der Waals surface area contributed by atoms with Crippen molar-refractivity contribution in [3.8, 4) is 12.1 Å². The van der Waals surface area contributed by atoms with Crippen LogP contribution in [-0.4, -0.2) is 0 Å². The van der Waals surface area contributed by atoms with E-state index in [0.717, 1.165) is 21.9 Å². The fourth-order valence-electron chi connectivity index (χ4n) is 2.67. The van der Waals surface area contributed by atoms with Gasteiger partial charge in [-0.2, -0.15) is 10.5 Å². The molecule has 24 heavy (non-hydrogen) atoms. The Morgan fingerprint density at radius 2 is 0.958 bits per heavy atom. The smallest absolute Gasteiger partial charge is 0.136 e. The van der Waals surface area contributed by atoms with Crippen LogP contribution in [0.5, 0.6) is 0 Å². The predicted octanol–water partition coefficient (Wildman–Crippen LogP) is 3.13. The molecule has 112 valence electrons. The van der Waals surface area contributed by atoms with Crippen molar-refractivity contribution in [2.24, 2.45) is 0 Å². The van der Waals surface area contributed by atoms with E-state index in [4.69, 9.17) is 10.5 Å². The Bertz CT molecular complexity index is 970. The Morgan fingerprint density at radius 3 is 1.38 bits per heavy atom. The van der Waals surface area contributed by atoms with E-state index in [9.17, 15) is 0 Å². The summed E-state index contributed by atoms with van der Waals surface area (Å²) in [7, 11) is 0. The van der Waals surface area contributed by atoms with Crippen LogP contribution in [0.15, 0.2) is 84.9 Å². The van der Waals surface area contributed by atoms with Crippen molar-refractivity contribution >= 4 is 11.1 Å². The van der Waals surface area contributed by atoms with Crippen LogP contribution in [0, 0.1) is 22.7 Å². The van der Waals surface area contributed by atoms with Crippen molar-refractivity contribution < 1.29 is 0 Å². The average Bonchev–Trinajstić information content (AvgIpc) is 2.66. The van der Waals surface area contributed by atoms with Crippen LogP contribution < -0.4 is 10.4 Å². The van der Waals surface area contributed by atoms with Crippen molar-refractivity contribution in [3.63, 3.8) is 0 Å². The highest BCUT2D eigenvalue weighted by molar-refractivity contribution is 5.79. The largest absolute Gasteiger partial charge is 0.192 e. The van der Waals surface area contributed by atoms with E-state index in [1.165, 1.54) is 0 Å². The number of hydrogen-bond acceptors (Lipinski definition) is 2. The Balaban J connectivity index is 2.31. The fraction of sp³-hybridized carbons (Fsp3) is 0. The molecule has 3 aromatic rings. The zero-order chi connectivity index (χ0) is 16.8. The summed E-state index contributed by atoms with van der Waals surface area (Å²) >= 11 is 0. The summed E-state index contributed by atoms with van der Waals surface area (Å²) in [5.41, 5.74) is 3.50. The first-order valence-corrected chi connectivity index (χ1v) is 7.59. The topological polar surface area (TPSA) is 47.6 Å². The van der Waals surface area contributed by atoms with Crippen LogP contribution in [0.25, 0.3) is 11.1 Å². The number of benzene rings is 3. The van der Waals surface area contributed by atoms with E-state index in [1.807, 2.05) is 72.8 Å². The summed E-state index contributed by atoms with van der Waals surface area (Å²) in [6.45, 7) is 0. The molecule has 0 radical (unpaired) electrons. The molecule has 2 heteroatoms. The summed E-state index contributed by atoms with van der Waals surface area (Å²) in [5, 5.41) is 19.7. The van der Waals surface area contributed by atoms with Crippen molar-refractivity contribution in [1.82, 2.24) is 0 Å². The Labute approximate surface area is 140 Å². The number of rotatable bonds is 2. The second-order valence-corrected chi connectivity index (χ2v) is 5.28. The van der Waals surface area contributed by atoms with Gasteiger partial charge in [-0.15, -0.1) is 0 Å². The number of nitrogens with zero attached hydrogens (tertiary/aromatic N) is 2. The maximum atomic E-state index is 9.00. The van der Waals surface area contributed by atoms with E-state index in [2.05, 4.69) is 24.3 Å². The van der Waals surface area contributed by atoms with Crippen LogP contribution in [-0.2, 0) is 0 Å². The Morgan fingerprint density at radius 1 is 0.542 bits per heavy atom. The lowest BCUT2D eigenvalue weighted by molar-refractivity contribution is 1.45. The SMILES string of the molecule is N#CC(C#N)=c1ccc(=C(c2ccccc2)c2ccccc2)cc1. The van der Waals surface area contributed by atoms with Crippen molar-refractivity contribution in [1.29, 1.82) is 10.5 Å². The molecule has 0 aliphatic carbocycles. The molecule has 3 rings (SSSR count). The van der Waals surface area contributed by atoms with Crippen molar-refractivity contribution in [3.05, 3.63) is 106 Å². The second kappa shape index (κ2) is 7.09. The van der Waals surface area contributed by atoms with Gasteiger partial charge >= 0.3 is 0 Å². The lowest BCUT2D eigenvalue weighted by Crippen LogP contribution is -2.13. The molecule has 0 aromatic heterocycles. The van der Waals surface area contributed by atoms with Gasteiger partial charge in [0.1, 0.15) is 17.7 Å². The van der Waals surface area contributed by atoms with Crippen LogP contribution in [0.4, 0.5) is 0 Å². The third-order valence-electron chi connectivity index (χ3n) is 3.81. The molecule has 3 aromatic carbocycles. The molecule has 0 amide bonds. The number of nitriles is 2. The molecule has 0 bridgehead atoms. The van der Waals surface area contributed by atoms with Gasteiger partial charge in [-0.3, -0.25) is 0 Å². The summed E-state index contributed by atoms with van der Waals surface area (Å²) < 4.78 is 0. The molecule has 0 aliphatic rings. The molecule has 0 spiro atoms. The zero-order valence-corrected chi connectivity index (χ0v) is 13.0. The lowest BCUT2D eigenvalue weighted by Gasteiger charge is -2.09. The minimum absolute atomic E-state index is 0.127. The van der Waals surface area contributed by atoms with Crippen LogP contribution >= 0.6 is 0 Å². The van der Waals surface area contributed by atoms with E-state index < -0.39 is 0 Å². The van der Waals surface area contributed by atoms with Gasteiger partial charge in [0.05, 0.1) is 0 Å². The van der Waals surface area contributed by atoms with Gasteiger partial charge in [0.25, 0.3) is 0 Å². The van der Waals surface area contributed by atoms with Gasteiger partial charge in [-0.1, -0.05) is 84.9 Å². The second-order valence-electron chi connectivity index (χ2n) is 5.28. The predicted molar refractivity (Wildman–Crippen MR) is 94.8 cm³/mol. The summed E-state index contributed by atoms with van der Waals surface area (Å²) in [4.78, 5) is 0. The van der Waals surface area contributed by atoms with Crippen LogP contribution in [0.1, 0.15) is 11.1 Å². The summed E-state index contributed by atoms with van der Waals surface area (Å²) in [5.74, 6) is 0. The van der Waals surface area contributed by atoms with Gasteiger partial charge in [-0.05, 0) is 21.9 Å². The molecule has 0 saturated carbocycles. The third kappa shape index (κ3) is 3.09. The molecular formula is C22H14N2. The van der Waals surface area contributed by atoms with Gasteiger partial charge in [-0.25, -0.2) is 0 Å². The normalized spacial score (nSPS) is 9.58. The maximum Gasteiger partial charge on any atom is 0.136 e. The minimum Gasteiger partial charge on any atom is -0.192 e. The third-order valence-corrected chi connectivity index (χ3v) is 3.81. The van der Waals surface area contributed by atoms with Crippen LogP contribution in [0.2, 0.25) is 0 Å². The van der Waals surface area contributed by atoms with Crippen molar-refractivity contribution in [2.45, 2.75) is 0 Å². The average molecular weight is 306 g/mol. The zero-order valence-electron chi connectivity index (χ0n) is 13.0. The van der Waals surface area contributed by atoms with Gasteiger partial charge in [0.15, 0.2) is 0 Å². The van der Waals surface area contributed by atoms with Gasteiger partial charge in [0.2, 0.25) is 0 Å². The monoisotopic (exact) mass is 306 g/mol. The molecule has 0 aliphatic heterocycles. The maximum absolute atomic E-state index is 9.00. The minimum atomic E-state index is 0.127. The molecule has 0 heterocycles. The van der Waals surface area contributed by atoms with Gasteiger partial charge < -0.3 is 0 Å². The van der Waals surface area contributed by atoms with Gasteiger partial charge in [0, 0.05) is 5.22 Å². The molecule has 0 unspecified atom stereocenters. The highest BCUT2D eigenvalue weighted by Crippen LogP contribution is 2.20. The Hall–Kier alpha value is -3.62. The molecule has 0 fully saturated rings. The highest BCUT2D eigenvalue weighted by atomic mass is 14.3.